The summed E-state index contributed by atoms with van der Waals surface area (Å²) in [4.78, 5) is 18.1. The normalized spacial score (nSPS) is 15.0. The Morgan fingerprint density at radius 2 is 2.19 bits per heavy atom. The van der Waals surface area contributed by atoms with Crippen LogP contribution in [0.5, 0.6) is 0 Å². The highest BCUT2D eigenvalue weighted by molar-refractivity contribution is 5.80. The number of aliphatic imine (C=N–C) groups is 1. The van der Waals surface area contributed by atoms with Crippen molar-refractivity contribution in [1.29, 1.82) is 0 Å². The van der Waals surface area contributed by atoms with Crippen molar-refractivity contribution < 1.29 is 9.21 Å². The van der Waals surface area contributed by atoms with E-state index in [0.717, 1.165) is 68.1 Å². The number of para-hydroxylation sites is 1. The number of furan rings is 1. The highest BCUT2D eigenvalue weighted by Crippen LogP contribution is 2.18. The van der Waals surface area contributed by atoms with Crippen LogP contribution >= 0.6 is 0 Å². The van der Waals surface area contributed by atoms with Crippen molar-refractivity contribution >= 4 is 22.8 Å². The summed E-state index contributed by atoms with van der Waals surface area (Å²) in [5.41, 5.74) is 0.930. The summed E-state index contributed by atoms with van der Waals surface area (Å²) in [6.07, 6.45) is 3.40. The Morgan fingerprint density at radius 3 is 2.96 bits per heavy atom. The van der Waals surface area contributed by atoms with Crippen molar-refractivity contribution in [3.8, 4) is 0 Å². The van der Waals surface area contributed by atoms with Gasteiger partial charge in [-0.25, -0.2) is 0 Å². The van der Waals surface area contributed by atoms with Crippen LogP contribution in [0.15, 0.2) is 39.7 Å². The van der Waals surface area contributed by atoms with Gasteiger partial charge in [0.25, 0.3) is 0 Å². The first kappa shape index (κ1) is 18.3. The van der Waals surface area contributed by atoms with Gasteiger partial charge in [0, 0.05) is 51.0 Å². The van der Waals surface area contributed by atoms with Crippen molar-refractivity contribution in [2.75, 3.05) is 32.7 Å². The smallest absolute Gasteiger partial charge is 0.222 e. The number of amides is 1. The predicted octanol–water partition coefficient (Wildman–Crippen LogP) is 2.54. The molecule has 2 heterocycles. The molecule has 1 aliphatic heterocycles. The van der Waals surface area contributed by atoms with Gasteiger partial charge >= 0.3 is 0 Å². The fraction of sp³-hybridized carbons (Fsp3) is 0.500. The van der Waals surface area contributed by atoms with Crippen LogP contribution in [0.1, 0.15) is 31.9 Å². The molecule has 2 aromatic rings. The first-order valence-electron chi connectivity index (χ1n) is 9.53. The number of nitrogens with one attached hydrogen (secondary N) is 2. The zero-order valence-corrected chi connectivity index (χ0v) is 15.5. The second kappa shape index (κ2) is 9.27. The molecular formula is C20H28N4O2. The van der Waals surface area contributed by atoms with Crippen LogP contribution in [0.25, 0.3) is 11.0 Å². The molecule has 0 saturated carbocycles. The lowest BCUT2D eigenvalue weighted by Crippen LogP contribution is -2.38. The summed E-state index contributed by atoms with van der Waals surface area (Å²) < 4.78 is 5.84. The second-order valence-corrected chi connectivity index (χ2v) is 6.53. The number of hydrogen-bond acceptors (Lipinski definition) is 3. The summed E-state index contributed by atoms with van der Waals surface area (Å²) >= 11 is 0. The van der Waals surface area contributed by atoms with E-state index in [1.54, 1.807) is 0 Å². The lowest BCUT2D eigenvalue weighted by molar-refractivity contribution is -0.127. The number of fused-ring (bicyclic) bond motifs is 1. The Bertz CT molecular complexity index is 720. The van der Waals surface area contributed by atoms with Crippen LogP contribution < -0.4 is 10.6 Å². The minimum Gasteiger partial charge on any atom is -0.461 e. The van der Waals surface area contributed by atoms with Crippen LogP contribution in [-0.2, 0) is 11.2 Å². The fourth-order valence-corrected chi connectivity index (χ4v) is 3.20. The van der Waals surface area contributed by atoms with E-state index in [1.165, 1.54) is 0 Å². The maximum atomic E-state index is 11.6. The Kier molecular flexibility index (Phi) is 6.52. The lowest BCUT2D eigenvalue weighted by atomic mass is 10.2. The van der Waals surface area contributed by atoms with Crippen molar-refractivity contribution in [3.05, 3.63) is 36.1 Å². The van der Waals surface area contributed by atoms with E-state index in [1.807, 2.05) is 23.1 Å². The van der Waals surface area contributed by atoms with Gasteiger partial charge in [-0.2, -0.15) is 0 Å². The third-order valence-electron chi connectivity index (χ3n) is 4.51. The van der Waals surface area contributed by atoms with E-state index in [2.05, 4.69) is 34.7 Å². The van der Waals surface area contributed by atoms with Crippen LogP contribution in [-0.4, -0.2) is 49.5 Å². The van der Waals surface area contributed by atoms with Crippen molar-refractivity contribution in [3.63, 3.8) is 0 Å². The Hall–Kier alpha value is -2.50. The van der Waals surface area contributed by atoms with Crippen molar-refractivity contribution in [2.24, 2.45) is 4.99 Å². The summed E-state index contributed by atoms with van der Waals surface area (Å²) in [5, 5.41) is 7.75. The van der Waals surface area contributed by atoms with E-state index >= 15 is 0 Å². The first-order valence-corrected chi connectivity index (χ1v) is 9.53. The maximum Gasteiger partial charge on any atom is 0.222 e. The summed E-state index contributed by atoms with van der Waals surface area (Å²) in [6.45, 7) is 6.06. The lowest BCUT2D eigenvalue weighted by Gasteiger charge is -2.15. The molecule has 0 radical (unpaired) electrons. The fourth-order valence-electron chi connectivity index (χ4n) is 3.20. The van der Waals surface area contributed by atoms with Gasteiger partial charge in [0.1, 0.15) is 11.3 Å². The highest BCUT2D eigenvalue weighted by atomic mass is 16.3. The number of nitrogens with zero attached hydrogens (tertiary/aromatic N) is 2. The minimum absolute atomic E-state index is 0.282. The topological polar surface area (TPSA) is 69.9 Å². The first-order chi connectivity index (χ1) is 12.8. The molecule has 0 atom stereocenters. The van der Waals surface area contributed by atoms with Gasteiger partial charge in [0.05, 0.1) is 0 Å². The number of benzene rings is 1. The van der Waals surface area contributed by atoms with Crippen molar-refractivity contribution in [2.45, 2.75) is 32.6 Å². The van der Waals surface area contributed by atoms with E-state index in [4.69, 9.17) is 4.42 Å². The average Bonchev–Trinajstić information content (AvgIpc) is 3.24. The molecule has 140 valence electrons. The van der Waals surface area contributed by atoms with Gasteiger partial charge in [0.2, 0.25) is 5.91 Å². The van der Waals surface area contributed by atoms with E-state index in [0.29, 0.717) is 13.0 Å². The largest absolute Gasteiger partial charge is 0.461 e. The van der Waals surface area contributed by atoms with Crippen LogP contribution in [0.4, 0.5) is 0 Å². The number of likely N-dealkylation sites (tertiary alicyclic amines) is 1. The van der Waals surface area contributed by atoms with Gasteiger partial charge in [-0.05, 0) is 31.9 Å². The standard InChI is InChI=1S/C20H28N4O2/c1-2-21-20(22-11-6-14-24-13-5-9-19(24)25)23-12-10-17-15-16-7-3-4-8-18(16)26-17/h3-4,7-8,15H,2,5-6,9-14H2,1H3,(H2,21,22,23). The number of carbonyl (C=O) groups is 1. The molecule has 1 aromatic carbocycles. The SMILES string of the molecule is CCNC(=NCCCN1CCCC1=O)NCCc1cc2ccccc2o1. The Labute approximate surface area is 154 Å². The monoisotopic (exact) mass is 356 g/mol. The van der Waals surface area contributed by atoms with Gasteiger partial charge in [-0.1, -0.05) is 18.2 Å². The molecule has 0 bridgehead atoms. The third kappa shape index (κ3) is 5.00. The van der Waals surface area contributed by atoms with Gasteiger partial charge in [-0.15, -0.1) is 0 Å². The van der Waals surface area contributed by atoms with Crippen LogP contribution in [0.2, 0.25) is 0 Å². The quantitative estimate of drug-likeness (QED) is 0.433. The molecule has 6 nitrogen and oxygen atoms in total. The Balaban J connectivity index is 1.42. The molecule has 1 amide bonds. The average molecular weight is 356 g/mol. The minimum atomic E-state index is 0.282. The molecule has 1 saturated heterocycles. The number of carbonyl (C=O) groups excluding carboxylic acids is 1. The van der Waals surface area contributed by atoms with Gasteiger partial charge < -0.3 is 20.0 Å². The molecule has 26 heavy (non-hydrogen) atoms. The summed E-state index contributed by atoms with van der Waals surface area (Å²) in [7, 11) is 0. The molecule has 2 N–H and O–H groups in total. The number of guanidine groups is 1. The molecule has 0 unspecified atom stereocenters. The van der Waals surface area contributed by atoms with Crippen LogP contribution in [0, 0.1) is 0 Å². The molecule has 0 aliphatic carbocycles. The second-order valence-electron chi connectivity index (χ2n) is 6.53. The van der Waals surface area contributed by atoms with Crippen LogP contribution in [0.3, 0.4) is 0 Å². The molecule has 3 rings (SSSR count). The third-order valence-corrected chi connectivity index (χ3v) is 4.51. The molecule has 1 aliphatic rings. The van der Waals surface area contributed by atoms with Gasteiger partial charge in [-0.3, -0.25) is 9.79 Å². The van der Waals surface area contributed by atoms with E-state index in [-0.39, 0.29) is 5.91 Å². The zero-order valence-electron chi connectivity index (χ0n) is 15.5. The maximum absolute atomic E-state index is 11.6. The molecule has 0 spiro atoms. The molecule has 1 fully saturated rings. The van der Waals surface area contributed by atoms with Crippen molar-refractivity contribution in [1.82, 2.24) is 15.5 Å². The molecule has 1 aromatic heterocycles. The highest BCUT2D eigenvalue weighted by Gasteiger charge is 2.18. The number of hydrogen-bond donors (Lipinski definition) is 2. The van der Waals surface area contributed by atoms with E-state index in [9.17, 15) is 4.79 Å². The zero-order chi connectivity index (χ0) is 18.2. The predicted molar refractivity (Wildman–Crippen MR) is 104 cm³/mol. The molecular weight excluding hydrogens is 328 g/mol. The number of rotatable bonds is 8. The van der Waals surface area contributed by atoms with Gasteiger partial charge in [0.15, 0.2) is 5.96 Å². The summed E-state index contributed by atoms with van der Waals surface area (Å²) in [6, 6.07) is 10.1. The van der Waals surface area contributed by atoms with E-state index < -0.39 is 0 Å². The Morgan fingerprint density at radius 1 is 1.31 bits per heavy atom. The summed E-state index contributed by atoms with van der Waals surface area (Å²) in [5.74, 6) is 2.07. The molecule has 6 heteroatoms.